The van der Waals surface area contributed by atoms with E-state index in [2.05, 4.69) is 10.5 Å². The summed E-state index contributed by atoms with van der Waals surface area (Å²) in [6, 6.07) is 9.43. The van der Waals surface area contributed by atoms with E-state index in [-0.39, 0.29) is 5.69 Å². The molecule has 2 aromatic carbocycles. The molecule has 3 rings (SSSR count). The number of halogens is 1. The van der Waals surface area contributed by atoms with Crippen LogP contribution in [-0.2, 0) is 0 Å². The van der Waals surface area contributed by atoms with Gasteiger partial charge in [-0.1, -0.05) is 11.6 Å². The topological polar surface area (TPSA) is 103 Å². The van der Waals surface area contributed by atoms with Crippen molar-refractivity contribution in [2.75, 3.05) is 13.2 Å². The fraction of sp³-hybridized carbons (Fsp3) is 0.200. The lowest BCUT2D eigenvalue weighted by molar-refractivity contribution is -0.384. The highest BCUT2D eigenvalue weighted by molar-refractivity contribution is 7.20. The zero-order chi connectivity index (χ0) is 21.7. The molecule has 0 aliphatic rings. The monoisotopic (exact) mass is 447 g/mol. The van der Waals surface area contributed by atoms with Crippen LogP contribution in [0.5, 0.6) is 11.5 Å². The van der Waals surface area contributed by atoms with E-state index < -0.39 is 10.8 Å². The maximum atomic E-state index is 12.4. The van der Waals surface area contributed by atoms with Gasteiger partial charge >= 0.3 is 0 Å². The largest absolute Gasteiger partial charge is 0.490 e. The molecule has 0 aliphatic heterocycles. The number of ether oxygens (including phenoxy) is 2. The van der Waals surface area contributed by atoms with Crippen LogP contribution in [0, 0.1) is 10.1 Å². The summed E-state index contributed by atoms with van der Waals surface area (Å²) in [7, 11) is 0. The van der Waals surface area contributed by atoms with E-state index in [0.29, 0.717) is 45.6 Å². The number of nitro groups is 1. The Balaban J connectivity index is 1.75. The number of thiophene rings is 1. The standard InChI is InChI=1S/C20H18ClN3O5S/c1-3-28-16-8-12(7-15(21)19(16)29-4-2)11-22-23-20(25)18-10-13-9-14(24(26)27)5-6-17(13)30-18/h5-11H,3-4H2,1-2H3,(H,23,25)/b22-11-. The van der Waals surface area contributed by atoms with E-state index in [1.165, 1.54) is 29.7 Å². The van der Waals surface area contributed by atoms with Gasteiger partial charge in [0.2, 0.25) is 0 Å². The Bertz CT molecular complexity index is 1130. The molecule has 10 heteroatoms. The number of nitrogens with zero attached hydrogens (tertiary/aromatic N) is 2. The number of rotatable bonds is 8. The lowest BCUT2D eigenvalue weighted by Gasteiger charge is -2.13. The number of hydrogen-bond donors (Lipinski definition) is 1. The first kappa shape index (κ1) is 21.5. The van der Waals surface area contributed by atoms with Gasteiger partial charge in [0.1, 0.15) is 0 Å². The minimum Gasteiger partial charge on any atom is -0.490 e. The number of nitrogens with one attached hydrogen (secondary N) is 1. The molecule has 0 atom stereocenters. The van der Waals surface area contributed by atoms with Crippen LogP contribution >= 0.6 is 22.9 Å². The van der Waals surface area contributed by atoms with Crippen LogP contribution in [0.25, 0.3) is 10.1 Å². The summed E-state index contributed by atoms with van der Waals surface area (Å²) < 4.78 is 11.9. The van der Waals surface area contributed by atoms with Gasteiger partial charge in [-0.05, 0) is 43.7 Å². The average molecular weight is 448 g/mol. The second-order valence-electron chi connectivity index (χ2n) is 5.99. The van der Waals surface area contributed by atoms with Crippen LogP contribution in [0.3, 0.4) is 0 Å². The molecule has 8 nitrogen and oxygen atoms in total. The SMILES string of the molecule is CCOc1cc(/C=N\NC(=O)c2cc3cc([N+](=O)[O-])ccc3s2)cc(Cl)c1OCC. The lowest BCUT2D eigenvalue weighted by atomic mass is 10.2. The van der Waals surface area contributed by atoms with Gasteiger partial charge in [0.15, 0.2) is 11.5 Å². The zero-order valence-corrected chi connectivity index (χ0v) is 17.7. The number of fused-ring (bicyclic) bond motifs is 1. The molecule has 3 aromatic rings. The van der Waals surface area contributed by atoms with Crippen LogP contribution in [-0.4, -0.2) is 30.3 Å². The van der Waals surface area contributed by atoms with E-state index in [1.54, 1.807) is 24.3 Å². The predicted octanol–water partition coefficient (Wildman–Crippen LogP) is 5.02. The highest BCUT2D eigenvalue weighted by Crippen LogP contribution is 2.36. The maximum Gasteiger partial charge on any atom is 0.281 e. The summed E-state index contributed by atoms with van der Waals surface area (Å²) in [5, 5.41) is 15.9. The minimum absolute atomic E-state index is 0.0252. The third-order valence-corrected chi connectivity index (χ3v) is 5.33. The third-order valence-electron chi connectivity index (χ3n) is 3.93. The van der Waals surface area contributed by atoms with E-state index in [0.717, 1.165) is 4.70 Å². The average Bonchev–Trinajstić information content (AvgIpc) is 3.14. The van der Waals surface area contributed by atoms with Crippen molar-refractivity contribution >= 4 is 50.8 Å². The third kappa shape index (κ3) is 4.87. The first-order chi connectivity index (χ1) is 14.4. The lowest BCUT2D eigenvalue weighted by Crippen LogP contribution is -2.16. The normalized spacial score (nSPS) is 11.0. The van der Waals surface area contributed by atoms with Gasteiger partial charge in [-0.2, -0.15) is 5.10 Å². The van der Waals surface area contributed by atoms with Crippen LogP contribution in [0.2, 0.25) is 5.02 Å². The Morgan fingerprint density at radius 1 is 1.23 bits per heavy atom. The molecule has 0 saturated heterocycles. The van der Waals surface area contributed by atoms with Gasteiger partial charge in [0, 0.05) is 22.2 Å². The number of amides is 1. The first-order valence-corrected chi connectivity index (χ1v) is 10.2. The molecule has 1 heterocycles. The Morgan fingerprint density at radius 3 is 2.70 bits per heavy atom. The Kier molecular flexibility index (Phi) is 6.86. The van der Waals surface area contributed by atoms with E-state index in [9.17, 15) is 14.9 Å². The highest BCUT2D eigenvalue weighted by Gasteiger charge is 2.14. The van der Waals surface area contributed by atoms with Crippen molar-refractivity contribution in [2.24, 2.45) is 5.10 Å². The van der Waals surface area contributed by atoms with Crippen molar-refractivity contribution in [3.05, 3.63) is 62.0 Å². The second-order valence-corrected chi connectivity index (χ2v) is 7.48. The summed E-state index contributed by atoms with van der Waals surface area (Å²) in [5.41, 5.74) is 3.05. The van der Waals surface area contributed by atoms with Crippen molar-refractivity contribution in [1.29, 1.82) is 0 Å². The summed E-state index contributed by atoms with van der Waals surface area (Å²) in [4.78, 5) is 23.2. The van der Waals surface area contributed by atoms with Crippen LogP contribution in [0.4, 0.5) is 5.69 Å². The number of non-ortho nitro benzene ring substituents is 1. The van der Waals surface area contributed by atoms with E-state index in [4.69, 9.17) is 21.1 Å². The fourth-order valence-electron chi connectivity index (χ4n) is 2.69. The van der Waals surface area contributed by atoms with Gasteiger partial charge < -0.3 is 9.47 Å². The van der Waals surface area contributed by atoms with Gasteiger partial charge in [-0.15, -0.1) is 11.3 Å². The Hall–Kier alpha value is -3.17. The van der Waals surface area contributed by atoms with Crippen molar-refractivity contribution in [3.8, 4) is 11.5 Å². The number of hydrazone groups is 1. The van der Waals surface area contributed by atoms with E-state index >= 15 is 0 Å². The molecule has 0 radical (unpaired) electrons. The van der Waals surface area contributed by atoms with Crippen LogP contribution < -0.4 is 14.9 Å². The minimum atomic E-state index is -0.473. The Morgan fingerprint density at radius 2 is 2.00 bits per heavy atom. The molecule has 1 aromatic heterocycles. The highest BCUT2D eigenvalue weighted by atomic mass is 35.5. The summed E-state index contributed by atoms with van der Waals surface area (Å²) in [5.74, 6) is 0.532. The molecule has 0 aliphatic carbocycles. The molecule has 1 amide bonds. The van der Waals surface area contributed by atoms with Gasteiger partial charge in [0.05, 0.1) is 34.3 Å². The molecule has 0 unspecified atom stereocenters. The molecular weight excluding hydrogens is 430 g/mol. The number of nitro benzene ring substituents is 1. The smallest absolute Gasteiger partial charge is 0.281 e. The van der Waals surface area contributed by atoms with Gasteiger partial charge in [-0.25, -0.2) is 5.43 Å². The molecular formula is C20H18ClN3O5S. The van der Waals surface area contributed by atoms with Crippen molar-refractivity contribution in [3.63, 3.8) is 0 Å². The van der Waals surface area contributed by atoms with E-state index in [1.807, 2.05) is 13.8 Å². The van der Waals surface area contributed by atoms with Crippen LogP contribution in [0.1, 0.15) is 29.1 Å². The zero-order valence-electron chi connectivity index (χ0n) is 16.2. The first-order valence-electron chi connectivity index (χ1n) is 9.03. The predicted molar refractivity (Wildman–Crippen MR) is 117 cm³/mol. The quantitative estimate of drug-likeness (QED) is 0.296. The van der Waals surface area contributed by atoms with Gasteiger partial charge in [0.25, 0.3) is 11.6 Å². The Labute approximate surface area is 181 Å². The number of carbonyl (C=O) groups is 1. The number of benzene rings is 2. The second kappa shape index (κ2) is 9.55. The van der Waals surface area contributed by atoms with Crippen LogP contribution in [0.15, 0.2) is 41.5 Å². The molecule has 0 bridgehead atoms. The molecule has 156 valence electrons. The number of carbonyl (C=O) groups excluding carboxylic acids is 1. The molecule has 1 N–H and O–H groups in total. The fourth-order valence-corrected chi connectivity index (χ4v) is 3.89. The molecule has 30 heavy (non-hydrogen) atoms. The number of hydrogen-bond acceptors (Lipinski definition) is 7. The summed E-state index contributed by atoms with van der Waals surface area (Å²) in [6.07, 6.45) is 1.44. The maximum absolute atomic E-state index is 12.4. The van der Waals surface area contributed by atoms with Gasteiger partial charge in [-0.3, -0.25) is 14.9 Å². The van der Waals surface area contributed by atoms with Crippen molar-refractivity contribution in [1.82, 2.24) is 5.43 Å². The van der Waals surface area contributed by atoms with Crippen molar-refractivity contribution in [2.45, 2.75) is 13.8 Å². The summed E-state index contributed by atoms with van der Waals surface area (Å²) >= 11 is 7.49. The molecule has 0 saturated carbocycles. The summed E-state index contributed by atoms with van der Waals surface area (Å²) in [6.45, 7) is 4.59. The molecule has 0 spiro atoms. The molecule has 0 fully saturated rings. The van der Waals surface area contributed by atoms with Crippen molar-refractivity contribution < 1.29 is 19.2 Å².